The molecule has 150 valence electrons. The summed E-state index contributed by atoms with van der Waals surface area (Å²) in [5.41, 5.74) is 2.18. The molecule has 8 nitrogen and oxygen atoms in total. The third-order valence-electron chi connectivity index (χ3n) is 4.93. The zero-order valence-corrected chi connectivity index (χ0v) is 16.2. The number of aryl methyl sites for hydroxylation is 1. The van der Waals surface area contributed by atoms with Crippen LogP contribution < -0.4 is 4.74 Å². The summed E-state index contributed by atoms with van der Waals surface area (Å²) in [6.45, 7) is 1.87. The fourth-order valence-corrected chi connectivity index (χ4v) is 3.36. The number of alkyl halides is 1. The smallest absolute Gasteiger partial charge is 0.293 e. The van der Waals surface area contributed by atoms with Crippen LogP contribution in [0.2, 0.25) is 0 Å². The first-order chi connectivity index (χ1) is 14.1. The maximum atomic E-state index is 13.3. The van der Waals surface area contributed by atoms with Gasteiger partial charge in [0.25, 0.3) is 5.91 Å². The van der Waals surface area contributed by atoms with Gasteiger partial charge in [-0.15, -0.1) is 5.10 Å². The minimum absolute atomic E-state index is 0.0125. The Kier molecular flexibility index (Phi) is 5.20. The minimum Gasteiger partial charge on any atom is -0.481 e. The van der Waals surface area contributed by atoms with E-state index in [0.29, 0.717) is 36.1 Å². The topological polar surface area (TPSA) is 86.0 Å². The molecule has 3 aromatic heterocycles. The van der Waals surface area contributed by atoms with Gasteiger partial charge in [0.05, 0.1) is 25.0 Å². The highest BCUT2D eigenvalue weighted by molar-refractivity contribution is 5.91. The van der Waals surface area contributed by atoms with E-state index in [4.69, 9.17) is 4.74 Å². The number of pyridine rings is 2. The van der Waals surface area contributed by atoms with Gasteiger partial charge in [-0.2, -0.15) is 0 Å². The van der Waals surface area contributed by atoms with Crippen LogP contribution in [0.1, 0.15) is 29.0 Å². The van der Waals surface area contributed by atoms with Crippen LogP contribution in [0.25, 0.3) is 17.2 Å². The van der Waals surface area contributed by atoms with Gasteiger partial charge < -0.3 is 9.64 Å². The molecule has 0 aliphatic carbocycles. The van der Waals surface area contributed by atoms with Gasteiger partial charge in [-0.05, 0) is 37.5 Å². The van der Waals surface area contributed by atoms with Crippen LogP contribution in [-0.2, 0) is 0 Å². The molecule has 1 aliphatic rings. The van der Waals surface area contributed by atoms with Crippen LogP contribution in [0, 0.1) is 6.92 Å². The summed E-state index contributed by atoms with van der Waals surface area (Å²) < 4.78 is 19.9. The molecule has 0 radical (unpaired) electrons. The Morgan fingerprint density at radius 1 is 1.24 bits per heavy atom. The molecular weight excluding hydrogens is 375 g/mol. The summed E-state index contributed by atoms with van der Waals surface area (Å²) in [6.07, 6.45) is 4.73. The molecule has 3 aromatic rings. The lowest BCUT2D eigenvalue weighted by molar-refractivity contribution is 0.0704. The van der Waals surface area contributed by atoms with Crippen molar-refractivity contribution >= 4 is 5.91 Å². The van der Waals surface area contributed by atoms with Crippen molar-refractivity contribution in [1.82, 2.24) is 29.6 Å². The Morgan fingerprint density at radius 3 is 2.76 bits per heavy atom. The second-order valence-electron chi connectivity index (χ2n) is 6.90. The van der Waals surface area contributed by atoms with Crippen molar-refractivity contribution in [2.75, 3.05) is 20.3 Å². The van der Waals surface area contributed by atoms with E-state index in [1.54, 1.807) is 24.5 Å². The van der Waals surface area contributed by atoms with Crippen molar-refractivity contribution in [2.45, 2.75) is 25.8 Å². The molecular formula is C20H21FN6O2. The van der Waals surface area contributed by atoms with Gasteiger partial charge in [-0.3, -0.25) is 9.78 Å². The molecule has 0 saturated carbocycles. The number of likely N-dealkylation sites (tertiary alicyclic amines) is 1. The highest BCUT2D eigenvalue weighted by Crippen LogP contribution is 2.23. The van der Waals surface area contributed by atoms with Crippen LogP contribution in [0.4, 0.5) is 4.39 Å². The van der Waals surface area contributed by atoms with Gasteiger partial charge >= 0.3 is 0 Å². The van der Waals surface area contributed by atoms with Crippen LogP contribution in [0.15, 0.2) is 36.7 Å². The monoisotopic (exact) mass is 396 g/mol. The van der Waals surface area contributed by atoms with Crippen molar-refractivity contribution in [3.05, 3.63) is 48.0 Å². The van der Waals surface area contributed by atoms with Gasteiger partial charge in [0.2, 0.25) is 11.7 Å². The highest BCUT2D eigenvalue weighted by Gasteiger charge is 2.32. The number of hydrogen-bond acceptors (Lipinski definition) is 6. The second-order valence-corrected chi connectivity index (χ2v) is 6.90. The molecule has 1 amide bonds. The lowest BCUT2D eigenvalue weighted by Gasteiger charge is -2.20. The van der Waals surface area contributed by atoms with Crippen LogP contribution >= 0.6 is 0 Å². The highest BCUT2D eigenvalue weighted by atomic mass is 19.1. The molecule has 0 unspecified atom stereocenters. The normalized spacial score (nSPS) is 16.2. The minimum atomic E-state index is -0.568. The number of carbonyl (C=O) groups excluding carboxylic acids is 1. The molecule has 1 aliphatic heterocycles. The second kappa shape index (κ2) is 7.94. The number of ether oxygens (including phenoxy) is 1. The van der Waals surface area contributed by atoms with Gasteiger partial charge in [0.1, 0.15) is 12.4 Å². The summed E-state index contributed by atoms with van der Waals surface area (Å²) in [4.78, 5) is 27.6. The van der Waals surface area contributed by atoms with Crippen molar-refractivity contribution < 1.29 is 13.9 Å². The average molecular weight is 396 g/mol. The van der Waals surface area contributed by atoms with Crippen LogP contribution in [0.5, 0.6) is 5.88 Å². The molecule has 1 fully saturated rings. The molecule has 29 heavy (non-hydrogen) atoms. The Labute approximate surface area is 167 Å². The number of methoxy groups -OCH3 is 1. The fourth-order valence-electron chi connectivity index (χ4n) is 3.36. The number of carbonyl (C=O) groups is 1. The number of amides is 1. The molecule has 0 spiro atoms. The molecule has 9 heteroatoms. The number of hydrogen-bond donors (Lipinski definition) is 0. The average Bonchev–Trinajstić information content (AvgIpc) is 3.41. The number of nitrogens with zero attached hydrogens (tertiary/aromatic N) is 6. The zero-order chi connectivity index (χ0) is 20.4. The molecule has 0 bridgehead atoms. The van der Waals surface area contributed by atoms with Crippen molar-refractivity contribution in [3.8, 4) is 23.1 Å². The molecule has 1 saturated heterocycles. The molecule has 0 N–H and O–H groups in total. The standard InChI is InChI=1S/C20H21FN6O2/c1-13-5-7-16(22-11-13)19-24-18(20(28)26-9-3-4-14(26)10-21)25-27(19)15-6-8-17(29-2)23-12-15/h5-8,11-12,14H,3-4,9-10H2,1-2H3/t14-/m0/s1. The first-order valence-electron chi connectivity index (χ1n) is 9.38. The first-order valence-corrected chi connectivity index (χ1v) is 9.38. The van der Waals surface area contributed by atoms with Gasteiger partial charge in [-0.25, -0.2) is 19.0 Å². The third-order valence-corrected chi connectivity index (χ3v) is 4.93. The zero-order valence-electron chi connectivity index (χ0n) is 16.2. The van der Waals surface area contributed by atoms with Crippen molar-refractivity contribution in [3.63, 3.8) is 0 Å². The quantitative estimate of drug-likeness (QED) is 0.659. The van der Waals surface area contributed by atoms with Crippen molar-refractivity contribution in [2.24, 2.45) is 0 Å². The Bertz CT molecular complexity index is 1000. The van der Waals surface area contributed by atoms with Gasteiger partial charge in [0, 0.05) is 18.8 Å². The fraction of sp³-hybridized carbons (Fsp3) is 0.350. The van der Waals surface area contributed by atoms with E-state index in [2.05, 4.69) is 20.1 Å². The van der Waals surface area contributed by atoms with E-state index >= 15 is 0 Å². The van der Waals surface area contributed by atoms with E-state index in [-0.39, 0.29) is 11.7 Å². The van der Waals surface area contributed by atoms with E-state index in [1.807, 2.05) is 19.1 Å². The lowest BCUT2D eigenvalue weighted by atomic mass is 10.2. The predicted octanol–water partition coefficient (Wildman–Crippen LogP) is 2.62. The maximum Gasteiger partial charge on any atom is 0.293 e. The molecule has 0 aromatic carbocycles. The SMILES string of the molecule is COc1ccc(-n2nc(C(=O)N3CCC[C@H]3CF)nc2-c2ccc(C)cn2)cn1. The summed E-state index contributed by atoms with van der Waals surface area (Å²) in [6, 6.07) is 6.78. The van der Waals surface area contributed by atoms with Crippen LogP contribution in [0.3, 0.4) is 0 Å². The maximum absolute atomic E-state index is 13.3. The Morgan fingerprint density at radius 2 is 2.10 bits per heavy atom. The van der Waals surface area contributed by atoms with E-state index < -0.39 is 12.7 Å². The Hall–Kier alpha value is -3.36. The van der Waals surface area contributed by atoms with Gasteiger partial charge in [0.15, 0.2) is 5.82 Å². The summed E-state index contributed by atoms with van der Waals surface area (Å²) in [5, 5.41) is 4.42. The van der Waals surface area contributed by atoms with Crippen LogP contribution in [-0.4, -0.2) is 61.9 Å². The van der Waals surface area contributed by atoms with E-state index in [9.17, 15) is 9.18 Å². The first kappa shape index (κ1) is 19.0. The number of rotatable bonds is 5. The van der Waals surface area contributed by atoms with E-state index in [1.165, 1.54) is 16.7 Å². The van der Waals surface area contributed by atoms with Gasteiger partial charge in [-0.1, -0.05) is 6.07 Å². The summed E-state index contributed by atoms with van der Waals surface area (Å²) in [5.74, 6) is 0.511. The largest absolute Gasteiger partial charge is 0.481 e. The van der Waals surface area contributed by atoms with Crippen molar-refractivity contribution in [1.29, 1.82) is 0 Å². The number of aromatic nitrogens is 5. The molecule has 4 rings (SSSR count). The summed E-state index contributed by atoms with van der Waals surface area (Å²) in [7, 11) is 1.53. The lowest BCUT2D eigenvalue weighted by Crippen LogP contribution is -2.37. The molecule has 1 atom stereocenters. The third kappa shape index (κ3) is 3.67. The summed E-state index contributed by atoms with van der Waals surface area (Å²) >= 11 is 0. The Balaban J connectivity index is 1.77. The van der Waals surface area contributed by atoms with E-state index in [0.717, 1.165) is 12.0 Å². The molecule has 4 heterocycles. The predicted molar refractivity (Wildman–Crippen MR) is 104 cm³/mol. The number of halogens is 1.